The topological polar surface area (TPSA) is 129 Å². The molecule has 4 heterocycles. The Kier molecular flexibility index (Phi) is 4.13. The number of ketones is 1. The number of oxazole rings is 1. The Morgan fingerprint density at radius 3 is 2.89 bits per heavy atom. The number of nitrogens with zero attached hydrogens (tertiary/aromatic N) is 4. The normalized spacial score (nSPS) is 10.9. The van der Waals surface area contributed by atoms with E-state index in [1.54, 1.807) is 29.1 Å². The molecule has 0 aromatic carbocycles. The van der Waals surface area contributed by atoms with E-state index in [0.717, 1.165) is 6.39 Å². The van der Waals surface area contributed by atoms with E-state index < -0.39 is 5.91 Å². The number of Topliss-reactive ketones (excluding diaryl/α,β-unsaturated/α-hetero) is 1. The third kappa shape index (κ3) is 3.40. The van der Waals surface area contributed by atoms with Crippen molar-refractivity contribution in [3.05, 3.63) is 60.4 Å². The van der Waals surface area contributed by atoms with E-state index in [0.29, 0.717) is 23.8 Å². The predicted octanol–water partition coefficient (Wildman–Crippen LogP) is 2.62. The summed E-state index contributed by atoms with van der Waals surface area (Å²) in [7, 11) is 0. The Balaban J connectivity index is 1.46. The van der Waals surface area contributed by atoms with Gasteiger partial charge in [0, 0.05) is 19.2 Å². The second kappa shape index (κ2) is 6.75. The van der Waals surface area contributed by atoms with E-state index in [1.165, 1.54) is 19.3 Å². The molecule has 0 radical (unpaired) electrons. The maximum Gasteiger partial charge on any atom is 0.278 e. The van der Waals surface area contributed by atoms with Gasteiger partial charge in [0.1, 0.15) is 5.76 Å². The molecule has 0 bridgehead atoms. The first-order chi connectivity index (χ1) is 13.1. The van der Waals surface area contributed by atoms with Gasteiger partial charge < -0.3 is 18.7 Å². The van der Waals surface area contributed by atoms with Gasteiger partial charge in [-0.25, -0.2) is 4.98 Å². The fourth-order valence-electron chi connectivity index (χ4n) is 2.43. The molecule has 0 unspecified atom stereocenters. The fraction of sp³-hybridized carbons (Fsp3) is 0.118. The van der Waals surface area contributed by atoms with Crippen LogP contribution in [-0.2, 0) is 6.54 Å². The molecule has 27 heavy (non-hydrogen) atoms. The van der Waals surface area contributed by atoms with E-state index in [9.17, 15) is 9.59 Å². The van der Waals surface area contributed by atoms with E-state index in [4.69, 9.17) is 13.4 Å². The Labute approximate surface area is 151 Å². The Morgan fingerprint density at radius 2 is 2.15 bits per heavy atom. The van der Waals surface area contributed by atoms with Crippen molar-refractivity contribution >= 4 is 17.4 Å². The molecule has 4 rings (SSSR count). The molecule has 0 saturated carbocycles. The number of nitrogens with one attached hydrogen (secondary N) is 1. The van der Waals surface area contributed by atoms with Crippen LogP contribution >= 0.6 is 0 Å². The molecule has 4 aromatic rings. The smallest absolute Gasteiger partial charge is 0.278 e. The van der Waals surface area contributed by atoms with Crippen LogP contribution in [0.1, 0.15) is 33.7 Å². The molecule has 0 aliphatic rings. The minimum absolute atomic E-state index is 0.0663. The predicted molar refractivity (Wildman–Crippen MR) is 90.0 cm³/mol. The number of furan rings is 1. The molecule has 0 atom stereocenters. The van der Waals surface area contributed by atoms with Crippen molar-refractivity contribution in [3.8, 4) is 11.5 Å². The lowest BCUT2D eigenvalue weighted by molar-refractivity contribution is 0.0983. The first kappa shape index (κ1) is 16.5. The summed E-state index contributed by atoms with van der Waals surface area (Å²) in [4.78, 5) is 27.6. The van der Waals surface area contributed by atoms with Crippen molar-refractivity contribution in [3.63, 3.8) is 0 Å². The van der Waals surface area contributed by atoms with E-state index in [-0.39, 0.29) is 23.0 Å². The van der Waals surface area contributed by atoms with Crippen molar-refractivity contribution in [1.82, 2.24) is 19.9 Å². The quantitative estimate of drug-likeness (QED) is 0.515. The zero-order chi connectivity index (χ0) is 18.8. The van der Waals surface area contributed by atoms with Crippen molar-refractivity contribution in [2.24, 2.45) is 0 Å². The average Bonchev–Trinajstić information content (AvgIpc) is 3.42. The number of amides is 1. The van der Waals surface area contributed by atoms with Crippen molar-refractivity contribution in [2.75, 3.05) is 5.32 Å². The third-order valence-electron chi connectivity index (χ3n) is 3.66. The molecule has 0 spiro atoms. The number of aromatic nitrogens is 4. The molecule has 0 saturated heterocycles. The largest absolute Gasteiger partial charge is 0.456 e. The van der Waals surface area contributed by atoms with Gasteiger partial charge in [0.2, 0.25) is 11.5 Å². The van der Waals surface area contributed by atoms with Crippen LogP contribution in [0.25, 0.3) is 11.5 Å². The summed E-state index contributed by atoms with van der Waals surface area (Å²) in [6, 6.07) is 4.88. The SMILES string of the molecule is CC(=O)c1ccc(Cn2cc(NC(=O)c3ncoc3-c3ccno3)cn2)o1. The van der Waals surface area contributed by atoms with E-state index in [1.807, 2.05) is 0 Å². The average molecular weight is 367 g/mol. The van der Waals surface area contributed by atoms with Gasteiger partial charge in [0.25, 0.3) is 5.91 Å². The highest BCUT2D eigenvalue weighted by Gasteiger charge is 2.21. The summed E-state index contributed by atoms with van der Waals surface area (Å²) in [5.74, 6) is 0.718. The highest BCUT2D eigenvalue weighted by Crippen LogP contribution is 2.23. The number of hydrogen-bond donors (Lipinski definition) is 1. The van der Waals surface area contributed by atoms with Gasteiger partial charge >= 0.3 is 0 Å². The molecular weight excluding hydrogens is 354 g/mol. The molecular formula is C17H13N5O5. The van der Waals surface area contributed by atoms with Gasteiger partial charge in [-0.05, 0) is 12.1 Å². The highest BCUT2D eigenvalue weighted by atomic mass is 16.5. The van der Waals surface area contributed by atoms with Gasteiger partial charge in [-0.1, -0.05) is 5.16 Å². The zero-order valence-corrected chi connectivity index (χ0v) is 14.1. The summed E-state index contributed by atoms with van der Waals surface area (Å²) in [6.07, 6.45) is 5.71. The van der Waals surface area contributed by atoms with Crippen LogP contribution in [0.15, 0.2) is 56.5 Å². The summed E-state index contributed by atoms with van der Waals surface area (Å²) in [5, 5.41) is 10.4. The lowest BCUT2D eigenvalue weighted by Gasteiger charge is -2.00. The lowest BCUT2D eigenvalue weighted by Crippen LogP contribution is -2.13. The van der Waals surface area contributed by atoms with Gasteiger partial charge in [-0.15, -0.1) is 0 Å². The Morgan fingerprint density at radius 1 is 1.26 bits per heavy atom. The monoisotopic (exact) mass is 367 g/mol. The Hall–Kier alpha value is -3.95. The van der Waals surface area contributed by atoms with Crippen LogP contribution in [0.4, 0.5) is 5.69 Å². The second-order valence-corrected chi connectivity index (χ2v) is 5.61. The zero-order valence-electron chi connectivity index (χ0n) is 14.1. The van der Waals surface area contributed by atoms with E-state index >= 15 is 0 Å². The van der Waals surface area contributed by atoms with Crippen LogP contribution in [-0.4, -0.2) is 31.6 Å². The number of carbonyl (C=O) groups is 2. The molecule has 10 heteroatoms. The van der Waals surface area contributed by atoms with Crippen LogP contribution < -0.4 is 5.32 Å². The molecule has 0 aliphatic carbocycles. The highest BCUT2D eigenvalue weighted by molar-refractivity contribution is 6.05. The summed E-state index contributed by atoms with van der Waals surface area (Å²) in [5.41, 5.74) is 0.529. The molecule has 1 N–H and O–H groups in total. The first-order valence-corrected chi connectivity index (χ1v) is 7.88. The third-order valence-corrected chi connectivity index (χ3v) is 3.66. The number of carbonyl (C=O) groups excluding carboxylic acids is 2. The van der Waals surface area contributed by atoms with E-state index in [2.05, 4.69) is 20.6 Å². The van der Waals surface area contributed by atoms with Crippen LogP contribution in [0, 0.1) is 0 Å². The second-order valence-electron chi connectivity index (χ2n) is 5.61. The van der Waals surface area contributed by atoms with Crippen molar-refractivity contribution in [2.45, 2.75) is 13.5 Å². The number of hydrogen-bond acceptors (Lipinski definition) is 8. The summed E-state index contributed by atoms with van der Waals surface area (Å²) in [6.45, 7) is 1.75. The Bertz CT molecular complexity index is 1090. The number of anilines is 1. The lowest BCUT2D eigenvalue weighted by atomic mass is 10.2. The van der Waals surface area contributed by atoms with Gasteiger partial charge in [-0.2, -0.15) is 5.10 Å². The molecule has 0 fully saturated rings. The molecule has 0 aliphatic heterocycles. The maximum absolute atomic E-state index is 12.4. The van der Waals surface area contributed by atoms with Crippen molar-refractivity contribution < 1.29 is 22.9 Å². The standard InChI is InChI=1S/C17H13N5O5/c1-10(23)13-3-2-12(26-13)8-22-7-11(6-19-22)21-17(24)15-16(25-9-18-15)14-4-5-20-27-14/h2-7,9H,8H2,1H3,(H,21,24). The van der Waals surface area contributed by atoms with Gasteiger partial charge in [0.05, 0.1) is 24.6 Å². The van der Waals surface area contributed by atoms with Crippen LogP contribution in [0.5, 0.6) is 0 Å². The van der Waals surface area contributed by atoms with Crippen LogP contribution in [0.2, 0.25) is 0 Å². The minimum Gasteiger partial charge on any atom is -0.456 e. The molecule has 4 aromatic heterocycles. The minimum atomic E-state index is -0.480. The van der Waals surface area contributed by atoms with Gasteiger partial charge in [-0.3, -0.25) is 14.3 Å². The summed E-state index contributed by atoms with van der Waals surface area (Å²) >= 11 is 0. The maximum atomic E-state index is 12.4. The summed E-state index contributed by atoms with van der Waals surface area (Å²) < 4.78 is 17.2. The van der Waals surface area contributed by atoms with Crippen molar-refractivity contribution in [1.29, 1.82) is 0 Å². The molecule has 10 nitrogen and oxygen atoms in total. The van der Waals surface area contributed by atoms with Gasteiger partial charge in [0.15, 0.2) is 23.6 Å². The van der Waals surface area contributed by atoms with Crippen LogP contribution in [0.3, 0.4) is 0 Å². The molecule has 136 valence electrons. The molecule has 1 amide bonds. The fourth-order valence-corrected chi connectivity index (χ4v) is 2.43. The first-order valence-electron chi connectivity index (χ1n) is 7.88. The number of rotatable bonds is 6.